The van der Waals surface area contributed by atoms with Gasteiger partial charge in [-0.3, -0.25) is 9.59 Å². The van der Waals surface area contributed by atoms with Crippen molar-refractivity contribution in [2.24, 2.45) is 5.92 Å². The zero-order valence-corrected chi connectivity index (χ0v) is 19.3. The molecule has 4 rings (SSSR count). The molecule has 0 bridgehead atoms. The van der Waals surface area contributed by atoms with E-state index >= 15 is 0 Å². The van der Waals surface area contributed by atoms with Crippen LogP contribution in [0.2, 0.25) is 0 Å². The standard InChI is InChI=1S/C28H29NO4/c1-4-32-25-13-9-8-12-24(25)29-19-20(18-26(29)30)27(31)33-23-16-14-22(15-17-23)28(2,3)21-10-6-5-7-11-21/h5-17,20H,4,18-19H2,1-3H3/t20-/m1/s1. The van der Waals surface area contributed by atoms with Gasteiger partial charge in [0.05, 0.1) is 18.2 Å². The fourth-order valence-electron chi connectivity index (χ4n) is 4.22. The number of carbonyl (C=O) groups excluding carboxylic acids is 2. The lowest BCUT2D eigenvalue weighted by Crippen LogP contribution is -2.27. The van der Waals surface area contributed by atoms with Crippen molar-refractivity contribution in [1.29, 1.82) is 0 Å². The Balaban J connectivity index is 1.43. The fourth-order valence-corrected chi connectivity index (χ4v) is 4.22. The topological polar surface area (TPSA) is 55.8 Å². The van der Waals surface area contributed by atoms with Crippen LogP contribution in [0.15, 0.2) is 78.9 Å². The van der Waals surface area contributed by atoms with Crippen molar-refractivity contribution in [3.05, 3.63) is 90.0 Å². The maximum absolute atomic E-state index is 12.8. The highest BCUT2D eigenvalue weighted by molar-refractivity contribution is 6.00. The molecule has 0 spiro atoms. The number of carbonyl (C=O) groups is 2. The summed E-state index contributed by atoms with van der Waals surface area (Å²) in [5.74, 6) is 0.0960. The molecule has 0 aromatic heterocycles. The molecule has 33 heavy (non-hydrogen) atoms. The van der Waals surface area contributed by atoms with Crippen LogP contribution in [0.5, 0.6) is 11.5 Å². The second-order valence-electron chi connectivity index (χ2n) is 8.74. The van der Waals surface area contributed by atoms with E-state index in [1.165, 1.54) is 5.56 Å². The van der Waals surface area contributed by atoms with E-state index in [0.29, 0.717) is 23.8 Å². The number of esters is 1. The van der Waals surface area contributed by atoms with Crippen molar-refractivity contribution < 1.29 is 19.1 Å². The van der Waals surface area contributed by atoms with Crippen molar-refractivity contribution in [1.82, 2.24) is 0 Å². The third-order valence-corrected chi connectivity index (χ3v) is 6.20. The van der Waals surface area contributed by atoms with Gasteiger partial charge in [-0.25, -0.2) is 0 Å². The molecule has 1 aliphatic rings. The first-order valence-electron chi connectivity index (χ1n) is 11.3. The maximum Gasteiger partial charge on any atom is 0.316 e. The highest BCUT2D eigenvalue weighted by atomic mass is 16.5. The lowest BCUT2D eigenvalue weighted by atomic mass is 9.78. The Morgan fingerprint density at radius 1 is 0.939 bits per heavy atom. The zero-order valence-electron chi connectivity index (χ0n) is 19.3. The van der Waals surface area contributed by atoms with Crippen LogP contribution in [0.4, 0.5) is 5.69 Å². The van der Waals surface area contributed by atoms with Crippen LogP contribution in [0.3, 0.4) is 0 Å². The molecule has 1 atom stereocenters. The zero-order chi connectivity index (χ0) is 23.4. The monoisotopic (exact) mass is 443 g/mol. The van der Waals surface area contributed by atoms with Crippen molar-refractivity contribution >= 4 is 17.6 Å². The molecule has 5 nitrogen and oxygen atoms in total. The van der Waals surface area contributed by atoms with E-state index in [-0.39, 0.29) is 24.3 Å². The number of nitrogens with zero attached hydrogens (tertiary/aromatic N) is 1. The van der Waals surface area contributed by atoms with Crippen molar-refractivity contribution in [2.45, 2.75) is 32.6 Å². The summed E-state index contributed by atoms with van der Waals surface area (Å²) in [6.07, 6.45) is 0.123. The molecule has 0 unspecified atom stereocenters. The minimum Gasteiger partial charge on any atom is -0.492 e. The van der Waals surface area contributed by atoms with Crippen LogP contribution >= 0.6 is 0 Å². The molecule has 3 aromatic carbocycles. The third kappa shape index (κ3) is 4.77. The molecule has 0 saturated carbocycles. The molecule has 1 heterocycles. The summed E-state index contributed by atoms with van der Waals surface area (Å²) in [5, 5.41) is 0. The predicted octanol–water partition coefficient (Wildman–Crippen LogP) is 5.37. The number of para-hydroxylation sites is 2. The number of amides is 1. The Bertz CT molecular complexity index is 1120. The Hall–Kier alpha value is -3.60. The summed E-state index contributed by atoms with van der Waals surface area (Å²) in [6, 6.07) is 25.3. The Kier molecular flexibility index (Phi) is 6.50. The van der Waals surface area contributed by atoms with E-state index in [0.717, 1.165) is 5.56 Å². The number of hydrogen-bond donors (Lipinski definition) is 0. The van der Waals surface area contributed by atoms with E-state index < -0.39 is 11.9 Å². The largest absolute Gasteiger partial charge is 0.492 e. The number of benzene rings is 3. The van der Waals surface area contributed by atoms with Gasteiger partial charge in [-0.15, -0.1) is 0 Å². The summed E-state index contributed by atoms with van der Waals surface area (Å²) >= 11 is 0. The first-order valence-corrected chi connectivity index (χ1v) is 11.3. The highest BCUT2D eigenvalue weighted by Gasteiger charge is 2.37. The van der Waals surface area contributed by atoms with Crippen LogP contribution in [0.25, 0.3) is 0 Å². The van der Waals surface area contributed by atoms with Gasteiger partial charge in [-0.05, 0) is 42.3 Å². The van der Waals surface area contributed by atoms with Crippen LogP contribution < -0.4 is 14.4 Å². The van der Waals surface area contributed by atoms with Gasteiger partial charge in [0.2, 0.25) is 5.91 Å². The average molecular weight is 444 g/mol. The van der Waals surface area contributed by atoms with Crippen LogP contribution in [-0.4, -0.2) is 25.0 Å². The van der Waals surface area contributed by atoms with Gasteiger partial charge in [0, 0.05) is 18.4 Å². The smallest absolute Gasteiger partial charge is 0.316 e. The number of rotatable bonds is 7. The van der Waals surface area contributed by atoms with E-state index in [1.54, 1.807) is 4.90 Å². The Labute approximate surface area is 194 Å². The quantitative estimate of drug-likeness (QED) is 0.364. The highest BCUT2D eigenvalue weighted by Crippen LogP contribution is 2.34. The van der Waals surface area contributed by atoms with Gasteiger partial charge in [0.15, 0.2) is 0 Å². The molecule has 1 fully saturated rings. The molecule has 3 aromatic rings. The molecule has 0 radical (unpaired) electrons. The van der Waals surface area contributed by atoms with Crippen molar-refractivity contribution in [3.8, 4) is 11.5 Å². The van der Waals surface area contributed by atoms with E-state index in [4.69, 9.17) is 9.47 Å². The van der Waals surface area contributed by atoms with Crippen molar-refractivity contribution in [3.63, 3.8) is 0 Å². The van der Waals surface area contributed by atoms with Crippen LogP contribution in [0.1, 0.15) is 38.3 Å². The summed E-state index contributed by atoms with van der Waals surface area (Å²) in [4.78, 5) is 27.1. The lowest BCUT2D eigenvalue weighted by Gasteiger charge is -2.26. The summed E-state index contributed by atoms with van der Waals surface area (Å²) in [7, 11) is 0. The predicted molar refractivity (Wildman–Crippen MR) is 129 cm³/mol. The van der Waals surface area contributed by atoms with E-state index in [9.17, 15) is 9.59 Å². The van der Waals surface area contributed by atoms with E-state index in [1.807, 2.05) is 73.7 Å². The minimum absolute atomic E-state index is 0.107. The fraction of sp³-hybridized carbons (Fsp3) is 0.286. The number of ether oxygens (including phenoxy) is 2. The second-order valence-corrected chi connectivity index (χ2v) is 8.74. The first-order chi connectivity index (χ1) is 15.9. The SMILES string of the molecule is CCOc1ccccc1N1C[C@H](C(=O)Oc2ccc(C(C)(C)c3ccccc3)cc2)CC1=O. The molecule has 5 heteroatoms. The minimum atomic E-state index is -0.521. The van der Waals surface area contributed by atoms with Gasteiger partial charge >= 0.3 is 5.97 Å². The first kappa shape index (κ1) is 22.6. The van der Waals surface area contributed by atoms with Crippen molar-refractivity contribution in [2.75, 3.05) is 18.1 Å². The van der Waals surface area contributed by atoms with Gasteiger partial charge in [-0.2, -0.15) is 0 Å². The van der Waals surface area contributed by atoms with Gasteiger partial charge in [0.25, 0.3) is 0 Å². The van der Waals surface area contributed by atoms with E-state index in [2.05, 4.69) is 26.0 Å². The summed E-state index contributed by atoms with van der Waals surface area (Å²) in [5.41, 5.74) is 2.86. The molecule has 170 valence electrons. The van der Waals surface area contributed by atoms with Gasteiger partial charge < -0.3 is 14.4 Å². The van der Waals surface area contributed by atoms with Crippen LogP contribution in [-0.2, 0) is 15.0 Å². The maximum atomic E-state index is 12.8. The van der Waals surface area contributed by atoms with Gasteiger partial charge in [-0.1, -0.05) is 68.4 Å². The summed E-state index contributed by atoms with van der Waals surface area (Å²) < 4.78 is 11.3. The molecule has 1 aliphatic heterocycles. The molecule has 0 aliphatic carbocycles. The molecule has 1 amide bonds. The average Bonchev–Trinajstić information content (AvgIpc) is 3.22. The Morgan fingerprint density at radius 3 is 2.27 bits per heavy atom. The second kappa shape index (κ2) is 9.49. The number of anilines is 1. The molecular formula is C28H29NO4. The molecule has 1 saturated heterocycles. The third-order valence-electron chi connectivity index (χ3n) is 6.20. The summed E-state index contributed by atoms with van der Waals surface area (Å²) in [6.45, 7) is 7.02. The normalized spacial score (nSPS) is 16.0. The molecular weight excluding hydrogens is 414 g/mol. The van der Waals surface area contributed by atoms with Crippen LogP contribution in [0, 0.1) is 5.92 Å². The van der Waals surface area contributed by atoms with Gasteiger partial charge in [0.1, 0.15) is 11.5 Å². The Morgan fingerprint density at radius 2 is 1.58 bits per heavy atom. The lowest BCUT2D eigenvalue weighted by molar-refractivity contribution is -0.139. The molecule has 0 N–H and O–H groups in total. The number of hydrogen-bond acceptors (Lipinski definition) is 4.